The molecule has 1 atom stereocenters. The zero-order valence-corrected chi connectivity index (χ0v) is 20.5. The molecule has 1 heterocycles. The van der Waals surface area contributed by atoms with Gasteiger partial charge in [-0.05, 0) is 34.9 Å². The van der Waals surface area contributed by atoms with Crippen molar-refractivity contribution in [2.75, 3.05) is 14.2 Å². The maximum Gasteiger partial charge on any atom is 0.336 e. The van der Waals surface area contributed by atoms with Gasteiger partial charge in [0.05, 0.1) is 14.2 Å². The Morgan fingerprint density at radius 1 is 0.944 bits per heavy atom. The molecule has 186 valence electrons. The molecule has 0 fully saturated rings. The van der Waals surface area contributed by atoms with E-state index in [2.05, 4.69) is 5.32 Å². The van der Waals surface area contributed by atoms with E-state index in [0.29, 0.717) is 28.0 Å². The SMILES string of the molecule is COc1cc(OC)cc(C(=O)N[C@H](C(=O)OCc2cc(=O)oc3ccc4ccccc4c23)C(C)C)c1. The summed E-state index contributed by atoms with van der Waals surface area (Å²) >= 11 is 0. The van der Waals surface area contributed by atoms with E-state index < -0.39 is 23.5 Å². The first-order valence-electron chi connectivity index (χ1n) is 11.5. The Hall–Kier alpha value is -4.33. The molecule has 0 unspecified atom stereocenters. The molecule has 0 saturated heterocycles. The van der Waals surface area contributed by atoms with Crippen LogP contribution in [0.4, 0.5) is 0 Å². The Balaban J connectivity index is 1.57. The Bertz CT molecular complexity index is 1470. The molecule has 36 heavy (non-hydrogen) atoms. The maximum absolute atomic E-state index is 13.1. The van der Waals surface area contributed by atoms with Crippen LogP contribution in [-0.4, -0.2) is 32.1 Å². The highest BCUT2D eigenvalue weighted by molar-refractivity contribution is 6.07. The Morgan fingerprint density at radius 2 is 1.64 bits per heavy atom. The van der Waals surface area contributed by atoms with Gasteiger partial charge in [0, 0.05) is 28.6 Å². The minimum Gasteiger partial charge on any atom is -0.497 e. The molecule has 1 aromatic heterocycles. The molecule has 4 rings (SSSR count). The summed E-state index contributed by atoms with van der Waals surface area (Å²) in [5.41, 5.74) is 0.679. The summed E-state index contributed by atoms with van der Waals surface area (Å²) in [6.45, 7) is 3.46. The smallest absolute Gasteiger partial charge is 0.336 e. The van der Waals surface area contributed by atoms with E-state index >= 15 is 0 Å². The fourth-order valence-corrected chi connectivity index (χ4v) is 4.03. The standard InChI is InChI=1S/C28H27NO7/c1-16(2)26(29-27(31)18-11-20(33-3)14-21(12-18)34-4)28(32)35-15-19-13-24(30)36-23-10-9-17-7-5-6-8-22(17)25(19)23/h5-14,16,26H,15H2,1-4H3,(H,29,31)/t26-/m0/s1. The Morgan fingerprint density at radius 3 is 2.31 bits per heavy atom. The van der Waals surface area contributed by atoms with Crippen LogP contribution >= 0.6 is 0 Å². The second-order valence-electron chi connectivity index (χ2n) is 8.65. The number of esters is 1. The van der Waals surface area contributed by atoms with E-state index in [4.69, 9.17) is 18.6 Å². The Kier molecular flexibility index (Phi) is 7.24. The Labute approximate surface area is 207 Å². The molecule has 0 aliphatic heterocycles. The minimum atomic E-state index is -0.919. The van der Waals surface area contributed by atoms with Gasteiger partial charge in [0.2, 0.25) is 0 Å². The number of nitrogens with one attached hydrogen (secondary N) is 1. The van der Waals surface area contributed by atoms with Crippen molar-refractivity contribution in [3.63, 3.8) is 0 Å². The lowest BCUT2D eigenvalue weighted by atomic mass is 10.0. The number of hydrogen-bond donors (Lipinski definition) is 1. The minimum absolute atomic E-state index is 0.152. The average Bonchev–Trinajstić information content (AvgIpc) is 2.88. The molecule has 0 bridgehead atoms. The third-order valence-electron chi connectivity index (χ3n) is 5.91. The lowest BCUT2D eigenvalue weighted by molar-refractivity contribution is -0.148. The number of carbonyl (C=O) groups excluding carboxylic acids is 2. The zero-order chi connectivity index (χ0) is 25.8. The van der Waals surface area contributed by atoms with Crippen LogP contribution in [-0.2, 0) is 16.1 Å². The van der Waals surface area contributed by atoms with Crippen molar-refractivity contribution in [1.29, 1.82) is 0 Å². The van der Waals surface area contributed by atoms with Gasteiger partial charge in [0.25, 0.3) is 5.91 Å². The summed E-state index contributed by atoms with van der Waals surface area (Å²) in [6, 6.07) is 16.4. The van der Waals surface area contributed by atoms with Crippen LogP contribution in [0, 0.1) is 5.92 Å². The van der Waals surface area contributed by atoms with Crippen LogP contribution in [0.25, 0.3) is 21.7 Å². The predicted molar refractivity (Wildman–Crippen MR) is 135 cm³/mol. The summed E-state index contributed by atoms with van der Waals surface area (Å²) in [4.78, 5) is 38.2. The van der Waals surface area contributed by atoms with E-state index in [1.165, 1.54) is 20.3 Å². The third kappa shape index (κ3) is 5.17. The fourth-order valence-electron chi connectivity index (χ4n) is 4.03. The first kappa shape index (κ1) is 24.8. The van der Waals surface area contributed by atoms with Crippen molar-refractivity contribution in [2.45, 2.75) is 26.5 Å². The van der Waals surface area contributed by atoms with Gasteiger partial charge in [-0.2, -0.15) is 0 Å². The number of rotatable bonds is 8. The predicted octanol–water partition coefficient (Wildman–Crippen LogP) is 4.46. The molecule has 4 aromatic rings. The molecule has 0 saturated carbocycles. The molecule has 0 aliphatic carbocycles. The van der Waals surface area contributed by atoms with E-state index in [-0.39, 0.29) is 18.1 Å². The van der Waals surface area contributed by atoms with Crippen molar-refractivity contribution in [1.82, 2.24) is 5.32 Å². The van der Waals surface area contributed by atoms with Crippen LogP contribution in [0.3, 0.4) is 0 Å². The molecule has 1 amide bonds. The number of methoxy groups -OCH3 is 2. The van der Waals surface area contributed by atoms with Crippen molar-refractivity contribution in [3.8, 4) is 11.5 Å². The van der Waals surface area contributed by atoms with E-state index in [1.54, 1.807) is 38.1 Å². The fraction of sp³-hybridized carbons (Fsp3) is 0.250. The number of ether oxygens (including phenoxy) is 3. The van der Waals surface area contributed by atoms with Gasteiger partial charge in [-0.15, -0.1) is 0 Å². The van der Waals surface area contributed by atoms with Gasteiger partial charge in [0.1, 0.15) is 29.7 Å². The van der Waals surface area contributed by atoms with Crippen LogP contribution in [0.2, 0.25) is 0 Å². The van der Waals surface area contributed by atoms with Crippen LogP contribution < -0.4 is 20.4 Å². The lowest BCUT2D eigenvalue weighted by Crippen LogP contribution is -2.45. The van der Waals surface area contributed by atoms with Gasteiger partial charge >= 0.3 is 11.6 Å². The molecule has 0 radical (unpaired) electrons. The van der Waals surface area contributed by atoms with Gasteiger partial charge in [0.15, 0.2) is 0 Å². The number of carbonyl (C=O) groups is 2. The second kappa shape index (κ2) is 10.5. The number of fused-ring (bicyclic) bond motifs is 3. The van der Waals surface area contributed by atoms with Crippen LogP contribution in [0.15, 0.2) is 69.9 Å². The van der Waals surface area contributed by atoms with Crippen LogP contribution in [0.5, 0.6) is 11.5 Å². The van der Waals surface area contributed by atoms with E-state index in [0.717, 1.165) is 10.8 Å². The zero-order valence-electron chi connectivity index (χ0n) is 20.5. The number of amides is 1. The topological polar surface area (TPSA) is 104 Å². The summed E-state index contributed by atoms with van der Waals surface area (Å²) in [6.07, 6.45) is 0. The van der Waals surface area contributed by atoms with Crippen LogP contribution in [0.1, 0.15) is 29.8 Å². The second-order valence-corrected chi connectivity index (χ2v) is 8.65. The van der Waals surface area contributed by atoms with Gasteiger partial charge in [-0.1, -0.05) is 44.2 Å². The summed E-state index contributed by atoms with van der Waals surface area (Å²) < 4.78 is 21.4. The normalized spacial score (nSPS) is 11.9. The first-order chi connectivity index (χ1) is 17.3. The molecular formula is C28H27NO7. The monoisotopic (exact) mass is 489 g/mol. The molecule has 0 spiro atoms. The average molecular weight is 490 g/mol. The lowest BCUT2D eigenvalue weighted by Gasteiger charge is -2.21. The summed E-state index contributed by atoms with van der Waals surface area (Å²) in [7, 11) is 2.98. The molecule has 3 aromatic carbocycles. The highest BCUT2D eigenvalue weighted by atomic mass is 16.5. The van der Waals surface area contributed by atoms with Crippen molar-refractivity contribution in [3.05, 3.63) is 82.2 Å². The highest BCUT2D eigenvalue weighted by Gasteiger charge is 2.27. The molecular weight excluding hydrogens is 462 g/mol. The molecule has 1 N–H and O–H groups in total. The quantitative estimate of drug-likeness (QED) is 0.221. The summed E-state index contributed by atoms with van der Waals surface area (Å²) in [5.74, 6) is -0.447. The van der Waals surface area contributed by atoms with E-state index in [9.17, 15) is 14.4 Å². The summed E-state index contributed by atoms with van der Waals surface area (Å²) in [5, 5.41) is 5.29. The van der Waals surface area contributed by atoms with E-state index in [1.807, 2.05) is 30.3 Å². The number of hydrogen-bond acceptors (Lipinski definition) is 7. The van der Waals surface area contributed by atoms with Gasteiger partial charge < -0.3 is 23.9 Å². The molecule has 8 heteroatoms. The number of benzene rings is 3. The maximum atomic E-state index is 13.1. The highest BCUT2D eigenvalue weighted by Crippen LogP contribution is 2.28. The first-order valence-corrected chi connectivity index (χ1v) is 11.5. The van der Waals surface area contributed by atoms with Crippen molar-refractivity contribution >= 4 is 33.6 Å². The molecule has 0 aliphatic rings. The van der Waals surface area contributed by atoms with Crippen molar-refractivity contribution in [2.24, 2.45) is 5.92 Å². The van der Waals surface area contributed by atoms with Crippen molar-refractivity contribution < 1.29 is 28.2 Å². The molecule has 8 nitrogen and oxygen atoms in total. The van der Waals surface area contributed by atoms with Gasteiger partial charge in [-0.3, -0.25) is 4.79 Å². The largest absolute Gasteiger partial charge is 0.497 e. The third-order valence-corrected chi connectivity index (χ3v) is 5.91. The van der Waals surface area contributed by atoms with Gasteiger partial charge in [-0.25, -0.2) is 9.59 Å².